The number of halogens is 1. The van der Waals surface area contributed by atoms with Gasteiger partial charge >= 0.3 is 0 Å². The lowest BCUT2D eigenvalue weighted by Gasteiger charge is -2.33. The van der Waals surface area contributed by atoms with Gasteiger partial charge in [-0.05, 0) is 36.4 Å². The summed E-state index contributed by atoms with van der Waals surface area (Å²) in [7, 11) is 3.98. The van der Waals surface area contributed by atoms with E-state index in [1.807, 2.05) is 31.3 Å². The van der Waals surface area contributed by atoms with Gasteiger partial charge in [-0.3, -0.25) is 9.58 Å². The van der Waals surface area contributed by atoms with E-state index in [1.165, 1.54) is 12.1 Å². The second-order valence-electron chi connectivity index (χ2n) is 7.79. The van der Waals surface area contributed by atoms with Crippen LogP contribution in [0.5, 0.6) is 5.75 Å². The lowest BCUT2D eigenvalue weighted by Crippen LogP contribution is -2.47. The Balaban J connectivity index is 1.43. The van der Waals surface area contributed by atoms with Crippen LogP contribution in [0.25, 0.3) is 22.0 Å². The van der Waals surface area contributed by atoms with Gasteiger partial charge in [0.2, 0.25) is 0 Å². The molecular weight excluding hydrogens is 371 g/mol. The van der Waals surface area contributed by atoms with Crippen molar-refractivity contribution in [3.05, 3.63) is 48.4 Å². The molecule has 1 N–H and O–H groups in total. The number of piperazine rings is 1. The zero-order valence-corrected chi connectivity index (χ0v) is 16.9. The Morgan fingerprint density at radius 1 is 1.07 bits per heavy atom. The van der Waals surface area contributed by atoms with Gasteiger partial charge in [-0.25, -0.2) is 4.39 Å². The fraction of sp³-hybridized carbons (Fsp3) is 0.409. The van der Waals surface area contributed by atoms with Gasteiger partial charge in [0.15, 0.2) is 0 Å². The summed E-state index contributed by atoms with van der Waals surface area (Å²) in [6, 6.07) is 10.6. The van der Waals surface area contributed by atoms with Crippen molar-refractivity contribution in [3.8, 4) is 16.9 Å². The average Bonchev–Trinajstić information content (AvgIpc) is 3.08. The number of nitrogens with zero attached hydrogens (tertiary/aromatic N) is 4. The molecule has 3 aromatic rings. The number of aryl methyl sites for hydroxylation is 1. The maximum Gasteiger partial charge on any atom is 0.127 e. The fourth-order valence-corrected chi connectivity index (χ4v) is 3.71. The molecule has 1 aromatic heterocycles. The third-order valence-corrected chi connectivity index (χ3v) is 5.46. The Kier molecular flexibility index (Phi) is 5.80. The van der Waals surface area contributed by atoms with Gasteiger partial charge in [-0.2, -0.15) is 5.10 Å². The monoisotopic (exact) mass is 398 g/mol. The smallest absolute Gasteiger partial charge is 0.127 e. The molecule has 1 unspecified atom stereocenters. The number of likely N-dealkylation sites (N-methyl/N-ethyl adjacent to an activating group) is 1. The third-order valence-electron chi connectivity index (χ3n) is 5.46. The molecule has 1 fully saturated rings. The molecule has 0 amide bonds. The van der Waals surface area contributed by atoms with Crippen LogP contribution in [0.1, 0.15) is 0 Å². The molecule has 0 aliphatic carbocycles. The van der Waals surface area contributed by atoms with Crippen LogP contribution >= 0.6 is 0 Å². The van der Waals surface area contributed by atoms with Crippen molar-refractivity contribution in [2.45, 2.75) is 6.10 Å². The number of aliphatic hydroxyl groups is 1. The first-order valence-electron chi connectivity index (χ1n) is 9.92. The SMILES string of the molecule is CN1CCN(CC(O)COc2cc(F)cc(-c3ccc4cnn(C)c4c3)c2)CC1. The Morgan fingerprint density at radius 3 is 2.66 bits per heavy atom. The third kappa shape index (κ3) is 4.75. The van der Waals surface area contributed by atoms with Gasteiger partial charge in [0.1, 0.15) is 24.3 Å². The van der Waals surface area contributed by atoms with Gasteiger partial charge in [0.25, 0.3) is 0 Å². The molecule has 1 saturated heterocycles. The van der Waals surface area contributed by atoms with Crippen LogP contribution in [0.15, 0.2) is 42.6 Å². The fourth-order valence-electron chi connectivity index (χ4n) is 3.71. The summed E-state index contributed by atoms with van der Waals surface area (Å²) in [6.45, 7) is 4.58. The maximum absolute atomic E-state index is 14.2. The molecule has 6 nitrogen and oxygen atoms in total. The average molecular weight is 398 g/mol. The Bertz CT molecular complexity index is 982. The molecule has 2 aromatic carbocycles. The summed E-state index contributed by atoms with van der Waals surface area (Å²) in [5.41, 5.74) is 2.61. The van der Waals surface area contributed by atoms with E-state index in [9.17, 15) is 9.50 Å². The summed E-state index contributed by atoms with van der Waals surface area (Å²) < 4.78 is 21.7. The standard InChI is InChI=1S/C22H27FN4O2/c1-25-5-7-27(8-6-25)14-20(28)15-29-21-10-18(9-19(23)12-21)16-3-4-17-13-24-26(2)22(17)11-16/h3-4,9-13,20,28H,5-8,14-15H2,1-2H3. The zero-order chi connectivity index (χ0) is 20.4. The van der Waals surface area contributed by atoms with E-state index in [0.29, 0.717) is 12.3 Å². The van der Waals surface area contributed by atoms with Crippen molar-refractivity contribution in [1.82, 2.24) is 19.6 Å². The molecule has 1 atom stereocenters. The molecule has 29 heavy (non-hydrogen) atoms. The highest BCUT2D eigenvalue weighted by molar-refractivity contribution is 5.84. The minimum absolute atomic E-state index is 0.135. The van der Waals surface area contributed by atoms with Crippen LogP contribution in [0.2, 0.25) is 0 Å². The molecule has 154 valence electrons. The van der Waals surface area contributed by atoms with E-state index in [2.05, 4.69) is 21.9 Å². The highest BCUT2D eigenvalue weighted by atomic mass is 19.1. The van der Waals surface area contributed by atoms with Gasteiger partial charge in [-0.1, -0.05) is 12.1 Å². The highest BCUT2D eigenvalue weighted by Gasteiger charge is 2.17. The highest BCUT2D eigenvalue weighted by Crippen LogP contribution is 2.28. The van der Waals surface area contributed by atoms with Crippen molar-refractivity contribution in [3.63, 3.8) is 0 Å². The van der Waals surface area contributed by atoms with E-state index in [1.54, 1.807) is 10.9 Å². The topological polar surface area (TPSA) is 53.8 Å². The van der Waals surface area contributed by atoms with Crippen LogP contribution in [-0.2, 0) is 7.05 Å². The van der Waals surface area contributed by atoms with Crippen molar-refractivity contribution in [1.29, 1.82) is 0 Å². The summed E-state index contributed by atoms with van der Waals surface area (Å²) in [6.07, 6.45) is 1.19. The number of aliphatic hydroxyl groups excluding tert-OH is 1. The number of rotatable bonds is 6. The van der Waals surface area contributed by atoms with E-state index in [-0.39, 0.29) is 12.4 Å². The first-order chi connectivity index (χ1) is 14.0. The number of ether oxygens (including phenoxy) is 1. The number of benzene rings is 2. The minimum atomic E-state index is -0.615. The predicted molar refractivity (Wildman–Crippen MR) is 112 cm³/mol. The maximum atomic E-state index is 14.2. The second-order valence-corrected chi connectivity index (χ2v) is 7.79. The van der Waals surface area contributed by atoms with Crippen LogP contribution in [0.4, 0.5) is 4.39 Å². The largest absolute Gasteiger partial charge is 0.491 e. The Hall–Kier alpha value is -2.48. The Labute approximate surface area is 170 Å². The van der Waals surface area contributed by atoms with Crippen molar-refractivity contribution >= 4 is 10.9 Å². The Morgan fingerprint density at radius 2 is 1.86 bits per heavy atom. The molecule has 0 spiro atoms. The lowest BCUT2D eigenvalue weighted by atomic mass is 10.0. The van der Waals surface area contributed by atoms with Crippen LogP contribution in [0.3, 0.4) is 0 Å². The summed E-state index contributed by atoms with van der Waals surface area (Å²) in [5, 5.41) is 15.6. The molecule has 7 heteroatoms. The second kappa shape index (κ2) is 8.49. The van der Waals surface area contributed by atoms with Crippen LogP contribution in [0, 0.1) is 5.82 Å². The molecular formula is C22H27FN4O2. The molecule has 1 aliphatic rings. The number of hydrogen-bond donors (Lipinski definition) is 1. The lowest BCUT2D eigenvalue weighted by molar-refractivity contribution is 0.0504. The van der Waals surface area contributed by atoms with E-state index in [0.717, 1.165) is 48.2 Å². The first-order valence-corrected chi connectivity index (χ1v) is 9.92. The molecule has 2 heterocycles. The normalized spacial score (nSPS) is 17.0. The van der Waals surface area contributed by atoms with E-state index >= 15 is 0 Å². The van der Waals surface area contributed by atoms with Crippen molar-refractivity contribution < 1.29 is 14.2 Å². The summed E-state index contributed by atoms with van der Waals surface area (Å²) in [5.74, 6) is 0.0543. The molecule has 1 aliphatic heterocycles. The van der Waals surface area contributed by atoms with Crippen LogP contribution < -0.4 is 4.74 Å². The first kappa shape index (κ1) is 19.8. The van der Waals surface area contributed by atoms with Crippen molar-refractivity contribution in [2.24, 2.45) is 7.05 Å². The summed E-state index contributed by atoms with van der Waals surface area (Å²) in [4.78, 5) is 4.50. The number of hydrogen-bond acceptors (Lipinski definition) is 5. The van der Waals surface area contributed by atoms with Gasteiger partial charge in [-0.15, -0.1) is 0 Å². The zero-order valence-electron chi connectivity index (χ0n) is 16.9. The predicted octanol–water partition coefficient (Wildman–Crippen LogP) is 2.37. The van der Waals surface area contributed by atoms with Gasteiger partial charge < -0.3 is 14.7 Å². The quantitative estimate of drug-likeness (QED) is 0.691. The summed E-state index contributed by atoms with van der Waals surface area (Å²) >= 11 is 0. The van der Waals surface area contributed by atoms with E-state index < -0.39 is 6.10 Å². The molecule has 0 saturated carbocycles. The van der Waals surface area contributed by atoms with Gasteiger partial charge in [0.05, 0.1) is 11.7 Å². The van der Waals surface area contributed by atoms with E-state index in [4.69, 9.17) is 4.74 Å². The number of aromatic nitrogens is 2. The minimum Gasteiger partial charge on any atom is -0.491 e. The number of β-amino-alcohol motifs (C(OH)–C–C–N with tert-alkyl or cyclic N) is 1. The van der Waals surface area contributed by atoms with Crippen molar-refractivity contribution in [2.75, 3.05) is 46.4 Å². The number of fused-ring (bicyclic) bond motifs is 1. The van der Waals surface area contributed by atoms with Gasteiger partial charge in [0, 0.05) is 51.2 Å². The molecule has 0 bridgehead atoms. The van der Waals surface area contributed by atoms with Crippen LogP contribution in [-0.4, -0.2) is 77.2 Å². The molecule has 0 radical (unpaired) electrons. The molecule has 4 rings (SSSR count).